The number of rotatable bonds is 6. The van der Waals surface area contributed by atoms with E-state index >= 15 is 0 Å². The maximum absolute atomic E-state index is 5.91. The Morgan fingerprint density at radius 1 is 1.20 bits per heavy atom. The Morgan fingerprint density at radius 3 is 2.40 bits per heavy atom. The van der Waals surface area contributed by atoms with E-state index in [-0.39, 0.29) is 6.04 Å². The van der Waals surface area contributed by atoms with Crippen LogP contribution in [0.2, 0.25) is 0 Å². The summed E-state index contributed by atoms with van der Waals surface area (Å²) in [6.45, 7) is 3.26. The van der Waals surface area contributed by atoms with Gasteiger partial charge in [0.2, 0.25) is 0 Å². The minimum atomic E-state index is 0.123. The van der Waals surface area contributed by atoms with Gasteiger partial charge in [-0.15, -0.1) is 0 Å². The van der Waals surface area contributed by atoms with Crippen molar-refractivity contribution in [1.29, 1.82) is 0 Å². The first-order chi connectivity index (χ1) is 7.27. The number of ether oxygens (including phenoxy) is 2. The molecule has 1 rings (SSSR count). The van der Waals surface area contributed by atoms with Gasteiger partial charge in [0.1, 0.15) is 12.4 Å². The van der Waals surface area contributed by atoms with E-state index < -0.39 is 0 Å². The minimum Gasteiger partial charge on any atom is -0.491 e. The van der Waals surface area contributed by atoms with E-state index in [1.807, 2.05) is 24.3 Å². The first kappa shape index (κ1) is 12.0. The van der Waals surface area contributed by atoms with Crippen molar-refractivity contribution >= 4 is 0 Å². The van der Waals surface area contributed by atoms with Crippen LogP contribution in [-0.2, 0) is 4.74 Å². The minimum absolute atomic E-state index is 0.123. The molecular formula is C12H19NO2. The molecule has 0 aromatic heterocycles. The average Bonchev–Trinajstić information content (AvgIpc) is 2.29. The van der Waals surface area contributed by atoms with E-state index in [2.05, 4.69) is 6.92 Å². The highest BCUT2D eigenvalue weighted by Crippen LogP contribution is 2.17. The lowest BCUT2D eigenvalue weighted by Crippen LogP contribution is -2.08. The normalized spacial score (nSPS) is 12.5. The van der Waals surface area contributed by atoms with Gasteiger partial charge in [0.15, 0.2) is 0 Å². The van der Waals surface area contributed by atoms with Crippen molar-refractivity contribution < 1.29 is 9.47 Å². The molecule has 0 amide bonds. The van der Waals surface area contributed by atoms with Crippen LogP contribution in [0.3, 0.4) is 0 Å². The Hall–Kier alpha value is -1.06. The van der Waals surface area contributed by atoms with Crippen LogP contribution in [0, 0.1) is 0 Å². The summed E-state index contributed by atoms with van der Waals surface area (Å²) in [5.74, 6) is 0.860. The molecule has 0 aliphatic rings. The lowest BCUT2D eigenvalue weighted by molar-refractivity contribution is 0.146. The van der Waals surface area contributed by atoms with Crippen molar-refractivity contribution in [1.82, 2.24) is 0 Å². The molecule has 1 aromatic carbocycles. The molecule has 3 heteroatoms. The lowest BCUT2D eigenvalue weighted by atomic mass is 10.1. The Bertz CT molecular complexity index is 271. The number of hydrogen-bond donors (Lipinski definition) is 1. The highest BCUT2D eigenvalue weighted by Gasteiger charge is 2.02. The monoisotopic (exact) mass is 209 g/mol. The van der Waals surface area contributed by atoms with Gasteiger partial charge < -0.3 is 15.2 Å². The van der Waals surface area contributed by atoms with E-state index in [4.69, 9.17) is 15.2 Å². The summed E-state index contributed by atoms with van der Waals surface area (Å²) >= 11 is 0. The van der Waals surface area contributed by atoms with Gasteiger partial charge in [-0.2, -0.15) is 0 Å². The quantitative estimate of drug-likeness (QED) is 0.730. The van der Waals surface area contributed by atoms with Crippen LogP contribution < -0.4 is 10.5 Å². The molecule has 0 saturated heterocycles. The zero-order valence-electron chi connectivity index (χ0n) is 9.40. The summed E-state index contributed by atoms with van der Waals surface area (Å²) in [6.07, 6.45) is 0.948. The predicted octanol–water partition coefficient (Wildman–Crippen LogP) is 2.12. The second-order valence-electron chi connectivity index (χ2n) is 3.43. The Labute approximate surface area is 91.2 Å². The van der Waals surface area contributed by atoms with Crippen molar-refractivity contribution in [3.8, 4) is 5.75 Å². The first-order valence-corrected chi connectivity index (χ1v) is 5.25. The van der Waals surface area contributed by atoms with Gasteiger partial charge in [-0.3, -0.25) is 0 Å². The molecule has 0 radical (unpaired) electrons. The summed E-state index contributed by atoms with van der Waals surface area (Å²) in [7, 11) is 1.66. The molecule has 3 nitrogen and oxygen atoms in total. The Morgan fingerprint density at radius 2 is 1.87 bits per heavy atom. The third-order valence-corrected chi connectivity index (χ3v) is 2.30. The molecule has 1 atom stereocenters. The van der Waals surface area contributed by atoms with Gasteiger partial charge in [-0.25, -0.2) is 0 Å². The molecule has 0 aliphatic heterocycles. The molecule has 0 aliphatic carbocycles. The number of hydrogen-bond acceptors (Lipinski definition) is 3. The molecular weight excluding hydrogens is 190 g/mol. The van der Waals surface area contributed by atoms with Gasteiger partial charge in [-0.1, -0.05) is 19.1 Å². The molecule has 0 spiro atoms. The maximum atomic E-state index is 5.91. The van der Waals surface area contributed by atoms with E-state index in [1.54, 1.807) is 7.11 Å². The summed E-state index contributed by atoms with van der Waals surface area (Å²) in [5, 5.41) is 0. The van der Waals surface area contributed by atoms with Crippen molar-refractivity contribution in [2.45, 2.75) is 19.4 Å². The van der Waals surface area contributed by atoms with Crippen LogP contribution in [0.1, 0.15) is 24.9 Å². The highest BCUT2D eigenvalue weighted by molar-refractivity contribution is 5.28. The number of methoxy groups -OCH3 is 1. The zero-order chi connectivity index (χ0) is 11.1. The van der Waals surface area contributed by atoms with E-state index in [1.165, 1.54) is 0 Å². The van der Waals surface area contributed by atoms with Gasteiger partial charge in [0, 0.05) is 13.2 Å². The lowest BCUT2D eigenvalue weighted by Gasteiger charge is -2.10. The number of nitrogens with two attached hydrogens (primary N) is 1. The van der Waals surface area contributed by atoms with Crippen LogP contribution in [-0.4, -0.2) is 20.3 Å². The largest absolute Gasteiger partial charge is 0.491 e. The predicted molar refractivity (Wildman–Crippen MR) is 61.0 cm³/mol. The highest BCUT2D eigenvalue weighted by atomic mass is 16.5. The second kappa shape index (κ2) is 6.43. The van der Waals surface area contributed by atoms with Gasteiger partial charge in [0.25, 0.3) is 0 Å². The second-order valence-corrected chi connectivity index (χ2v) is 3.43. The topological polar surface area (TPSA) is 44.5 Å². The van der Waals surface area contributed by atoms with Crippen molar-refractivity contribution in [2.24, 2.45) is 5.73 Å². The van der Waals surface area contributed by atoms with Crippen molar-refractivity contribution in [3.63, 3.8) is 0 Å². The van der Waals surface area contributed by atoms with Crippen molar-refractivity contribution in [2.75, 3.05) is 20.3 Å². The van der Waals surface area contributed by atoms with Crippen LogP contribution in [0.15, 0.2) is 24.3 Å². The van der Waals surface area contributed by atoms with Crippen LogP contribution in [0.5, 0.6) is 5.75 Å². The third-order valence-electron chi connectivity index (χ3n) is 2.30. The fourth-order valence-corrected chi connectivity index (χ4v) is 1.29. The van der Waals surface area contributed by atoms with Gasteiger partial charge in [0.05, 0.1) is 6.61 Å². The Balaban J connectivity index is 2.49. The molecule has 0 bridgehead atoms. The fraction of sp³-hybridized carbons (Fsp3) is 0.500. The first-order valence-electron chi connectivity index (χ1n) is 5.25. The third kappa shape index (κ3) is 3.90. The standard InChI is InChI=1S/C12H19NO2/c1-3-12(13)10-4-6-11(7-5-10)15-9-8-14-2/h4-7,12H,3,8-9,13H2,1-2H3/t12-/m1/s1. The van der Waals surface area contributed by atoms with Crippen LogP contribution >= 0.6 is 0 Å². The van der Waals surface area contributed by atoms with Gasteiger partial charge in [-0.05, 0) is 24.1 Å². The zero-order valence-corrected chi connectivity index (χ0v) is 9.40. The Kier molecular flexibility index (Phi) is 5.15. The molecule has 0 heterocycles. The molecule has 1 aromatic rings. The van der Waals surface area contributed by atoms with E-state index in [0.717, 1.165) is 17.7 Å². The fourth-order valence-electron chi connectivity index (χ4n) is 1.29. The molecule has 84 valence electrons. The summed E-state index contributed by atoms with van der Waals surface area (Å²) in [5.41, 5.74) is 7.05. The smallest absolute Gasteiger partial charge is 0.119 e. The maximum Gasteiger partial charge on any atom is 0.119 e. The molecule has 0 fully saturated rings. The molecule has 2 N–H and O–H groups in total. The van der Waals surface area contributed by atoms with Crippen LogP contribution in [0.4, 0.5) is 0 Å². The van der Waals surface area contributed by atoms with E-state index in [0.29, 0.717) is 13.2 Å². The van der Waals surface area contributed by atoms with Gasteiger partial charge >= 0.3 is 0 Å². The summed E-state index contributed by atoms with van der Waals surface area (Å²) in [4.78, 5) is 0. The SMILES string of the molecule is CC[C@@H](N)c1ccc(OCCOC)cc1. The summed E-state index contributed by atoms with van der Waals surface area (Å²) < 4.78 is 10.3. The molecule has 0 saturated carbocycles. The molecule has 15 heavy (non-hydrogen) atoms. The van der Waals surface area contributed by atoms with Crippen molar-refractivity contribution in [3.05, 3.63) is 29.8 Å². The van der Waals surface area contributed by atoms with Crippen LogP contribution in [0.25, 0.3) is 0 Å². The number of benzene rings is 1. The molecule has 0 unspecified atom stereocenters. The summed E-state index contributed by atoms with van der Waals surface area (Å²) in [6, 6.07) is 8.03. The average molecular weight is 209 g/mol. The van der Waals surface area contributed by atoms with E-state index in [9.17, 15) is 0 Å².